The lowest BCUT2D eigenvalue weighted by molar-refractivity contribution is -0.115. The lowest BCUT2D eigenvalue weighted by atomic mass is 10.4. The van der Waals surface area contributed by atoms with Gasteiger partial charge in [-0.05, 0) is 27.7 Å². The predicted molar refractivity (Wildman–Crippen MR) is 81.3 cm³/mol. The largest absolute Gasteiger partial charge is 0.369 e. The third-order valence-electron chi connectivity index (χ3n) is 2.51. The van der Waals surface area contributed by atoms with Gasteiger partial charge in [0.15, 0.2) is 0 Å². The average molecular weight is 292 g/mol. The van der Waals surface area contributed by atoms with Gasteiger partial charge in [-0.3, -0.25) is 4.79 Å². The summed E-state index contributed by atoms with van der Waals surface area (Å²) in [5.41, 5.74) is 5.72. The van der Waals surface area contributed by atoms with Crippen molar-refractivity contribution in [2.24, 2.45) is 10.7 Å². The minimum absolute atomic E-state index is 0.0113. The molecule has 21 heavy (non-hydrogen) atoms. The Morgan fingerprint density at radius 2 is 1.57 bits per heavy atom. The number of carbonyl (C=O) groups excluding carboxylic acids is 1. The van der Waals surface area contributed by atoms with Gasteiger partial charge < -0.3 is 16.4 Å². The van der Waals surface area contributed by atoms with Crippen LogP contribution in [0.4, 0.5) is 17.8 Å². The fraction of sp³-hybridized carbons (Fsp3) is 0.583. The molecule has 1 aliphatic heterocycles. The van der Waals surface area contributed by atoms with Gasteiger partial charge in [0.25, 0.3) is 5.91 Å². The number of nitrogens with one attached hydrogen (secondary N) is 2. The molecule has 114 valence electrons. The molecule has 0 aromatic carbocycles. The smallest absolute Gasteiger partial charge is 0.258 e. The second-order valence-electron chi connectivity index (χ2n) is 5.28. The molecule has 9 heteroatoms. The molecule has 0 saturated carbocycles. The topological polar surface area (TPSA) is 121 Å². The van der Waals surface area contributed by atoms with Gasteiger partial charge in [0.1, 0.15) is 6.54 Å². The van der Waals surface area contributed by atoms with Crippen molar-refractivity contribution in [3.05, 3.63) is 0 Å². The van der Waals surface area contributed by atoms with E-state index >= 15 is 0 Å². The first kappa shape index (κ1) is 14.9. The highest BCUT2D eigenvalue weighted by Crippen LogP contribution is 2.17. The van der Waals surface area contributed by atoms with Gasteiger partial charge in [-0.1, -0.05) is 0 Å². The van der Waals surface area contributed by atoms with Crippen LogP contribution in [-0.2, 0) is 4.79 Å². The third kappa shape index (κ3) is 3.56. The number of hydrogen-bond donors (Lipinski definition) is 3. The van der Waals surface area contributed by atoms with E-state index in [1.54, 1.807) is 0 Å². The number of aliphatic imine (C=N–C) groups is 1. The summed E-state index contributed by atoms with van der Waals surface area (Å²) in [6, 6.07) is 0.292. The van der Waals surface area contributed by atoms with E-state index in [-0.39, 0.29) is 36.4 Å². The zero-order valence-corrected chi connectivity index (χ0v) is 12.6. The first-order valence-electron chi connectivity index (χ1n) is 6.79. The molecule has 1 amide bonds. The molecule has 0 bridgehead atoms. The Labute approximate surface area is 123 Å². The molecule has 9 nitrogen and oxygen atoms in total. The van der Waals surface area contributed by atoms with Crippen molar-refractivity contribution < 1.29 is 4.79 Å². The van der Waals surface area contributed by atoms with E-state index in [1.165, 1.54) is 4.90 Å². The quantitative estimate of drug-likeness (QED) is 0.707. The second kappa shape index (κ2) is 5.90. The Kier molecular flexibility index (Phi) is 4.20. The van der Waals surface area contributed by atoms with Crippen LogP contribution < -0.4 is 21.3 Å². The number of hydrogen-bond acceptors (Lipinski definition) is 8. The highest BCUT2D eigenvalue weighted by Gasteiger charge is 2.28. The maximum atomic E-state index is 11.8. The van der Waals surface area contributed by atoms with Gasteiger partial charge in [0, 0.05) is 12.1 Å². The minimum atomic E-state index is -0.260. The van der Waals surface area contributed by atoms with Gasteiger partial charge in [-0.15, -0.1) is 0 Å². The van der Waals surface area contributed by atoms with E-state index in [0.717, 1.165) is 0 Å². The molecule has 1 aromatic rings. The fourth-order valence-corrected chi connectivity index (χ4v) is 1.74. The van der Waals surface area contributed by atoms with Crippen molar-refractivity contribution in [2.75, 3.05) is 22.1 Å². The first-order chi connectivity index (χ1) is 9.86. The van der Waals surface area contributed by atoms with Crippen LogP contribution in [-0.4, -0.2) is 45.4 Å². The SMILES string of the molecule is CC(C)Nc1nc(NC(C)C)nc(N2C(=O)CN=C2N)n1. The molecule has 0 aliphatic carbocycles. The number of rotatable bonds is 5. The number of aromatic nitrogens is 3. The van der Waals surface area contributed by atoms with Crippen molar-refractivity contribution in [3.8, 4) is 0 Å². The van der Waals surface area contributed by atoms with E-state index < -0.39 is 0 Å². The minimum Gasteiger partial charge on any atom is -0.369 e. The average Bonchev–Trinajstić information content (AvgIpc) is 2.66. The number of amides is 1. The zero-order chi connectivity index (χ0) is 15.6. The number of guanidine groups is 1. The van der Waals surface area contributed by atoms with Crippen LogP contribution in [0.2, 0.25) is 0 Å². The van der Waals surface area contributed by atoms with Crippen LogP contribution in [0.1, 0.15) is 27.7 Å². The molecule has 2 heterocycles. The van der Waals surface area contributed by atoms with Crippen molar-refractivity contribution in [3.63, 3.8) is 0 Å². The molecular formula is C12H20N8O. The zero-order valence-electron chi connectivity index (χ0n) is 12.6. The van der Waals surface area contributed by atoms with E-state index in [2.05, 4.69) is 30.6 Å². The molecule has 0 unspecified atom stereocenters. The van der Waals surface area contributed by atoms with Crippen molar-refractivity contribution in [2.45, 2.75) is 39.8 Å². The van der Waals surface area contributed by atoms with Crippen LogP contribution in [0, 0.1) is 0 Å². The summed E-state index contributed by atoms with van der Waals surface area (Å²) in [6.07, 6.45) is 0. The maximum Gasteiger partial charge on any atom is 0.258 e. The molecular weight excluding hydrogens is 272 g/mol. The maximum absolute atomic E-state index is 11.8. The Morgan fingerprint density at radius 3 is 1.95 bits per heavy atom. The van der Waals surface area contributed by atoms with Gasteiger partial charge in [0.2, 0.25) is 23.8 Å². The lowest BCUT2D eigenvalue weighted by Gasteiger charge is -2.17. The molecule has 2 rings (SSSR count). The molecule has 1 aromatic heterocycles. The van der Waals surface area contributed by atoms with E-state index in [4.69, 9.17) is 5.73 Å². The number of nitrogens with two attached hydrogens (primary N) is 1. The molecule has 1 aliphatic rings. The summed E-state index contributed by atoms with van der Waals surface area (Å²) in [4.78, 5) is 29.7. The summed E-state index contributed by atoms with van der Waals surface area (Å²) in [7, 11) is 0. The second-order valence-corrected chi connectivity index (χ2v) is 5.28. The Balaban J connectivity index is 2.39. The van der Waals surface area contributed by atoms with Crippen LogP contribution in [0.25, 0.3) is 0 Å². The molecule has 4 N–H and O–H groups in total. The van der Waals surface area contributed by atoms with Crippen molar-refractivity contribution >= 4 is 29.7 Å². The molecule has 0 fully saturated rings. The molecule has 0 radical (unpaired) electrons. The van der Waals surface area contributed by atoms with Crippen LogP contribution in [0.5, 0.6) is 0 Å². The van der Waals surface area contributed by atoms with Gasteiger partial charge in [-0.2, -0.15) is 15.0 Å². The van der Waals surface area contributed by atoms with Gasteiger partial charge in [0.05, 0.1) is 0 Å². The predicted octanol–water partition coefficient (Wildman–Crippen LogP) is 0.174. The van der Waals surface area contributed by atoms with Crippen LogP contribution in [0.15, 0.2) is 4.99 Å². The fourth-order valence-electron chi connectivity index (χ4n) is 1.74. The van der Waals surface area contributed by atoms with Crippen LogP contribution in [0.3, 0.4) is 0 Å². The third-order valence-corrected chi connectivity index (χ3v) is 2.51. The van der Waals surface area contributed by atoms with Gasteiger partial charge >= 0.3 is 0 Å². The summed E-state index contributed by atoms with van der Waals surface area (Å²) in [5, 5.41) is 6.18. The van der Waals surface area contributed by atoms with Crippen molar-refractivity contribution in [1.82, 2.24) is 15.0 Å². The molecule has 0 saturated heterocycles. The van der Waals surface area contributed by atoms with Crippen LogP contribution >= 0.6 is 0 Å². The van der Waals surface area contributed by atoms with E-state index in [0.29, 0.717) is 11.9 Å². The van der Waals surface area contributed by atoms with E-state index in [9.17, 15) is 4.79 Å². The number of carbonyl (C=O) groups is 1. The summed E-state index contributed by atoms with van der Waals surface area (Å²) >= 11 is 0. The highest BCUT2D eigenvalue weighted by atomic mass is 16.2. The normalized spacial score (nSPS) is 14.9. The summed E-state index contributed by atoms with van der Waals surface area (Å²) in [6.45, 7) is 7.88. The lowest BCUT2D eigenvalue weighted by Crippen LogP contribution is -2.39. The molecule has 0 atom stereocenters. The Hall–Kier alpha value is -2.45. The van der Waals surface area contributed by atoms with Gasteiger partial charge in [-0.25, -0.2) is 9.89 Å². The number of nitrogens with zero attached hydrogens (tertiary/aromatic N) is 5. The van der Waals surface area contributed by atoms with E-state index in [1.807, 2.05) is 27.7 Å². The summed E-state index contributed by atoms with van der Waals surface area (Å²) in [5.74, 6) is 0.762. The monoisotopic (exact) mass is 292 g/mol. The Morgan fingerprint density at radius 1 is 1.05 bits per heavy atom. The summed E-state index contributed by atoms with van der Waals surface area (Å²) < 4.78 is 0. The first-order valence-corrected chi connectivity index (χ1v) is 6.79. The Bertz CT molecular complexity index is 540. The number of anilines is 3. The molecule has 0 spiro atoms. The highest BCUT2D eigenvalue weighted by molar-refractivity contribution is 6.19. The standard InChI is InChI=1S/C12H20N8O/c1-6(2)15-10-17-11(16-7(3)4)19-12(18-10)20-8(21)5-14-9(20)13/h6-7H,5H2,1-4H3,(H2,13,14)(H2,15,16,17,18,19). The van der Waals surface area contributed by atoms with Crippen molar-refractivity contribution in [1.29, 1.82) is 0 Å².